The summed E-state index contributed by atoms with van der Waals surface area (Å²) in [6.45, 7) is 7.96. The summed E-state index contributed by atoms with van der Waals surface area (Å²) >= 11 is 0. The highest BCUT2D eigenvalue weighted by molar-refractivity contribution is 6.13. The van der Waals surface area contributed by atoms with Gasteiger partial charge >= 0.3 is 0 Å². The zero-order chi connectivity index (χ0) is 14.5. The van der Waals surface area contributed by atoms with Crippen molar-refractivity contribution >= 4 is 11.6 Å². The minimum absolute atomic E-state index is 0.193. The molecule has 0 N–H and O–H groups in total. The standard InChI is InChI=1S/C17H28O2/c1-5-7-8-9-10-11-14-13(3)16(19)17(4,6-2)12-15(14)18/h5-12H2,1-4H3. The Morgan fingerprint density at radius 1 is 1.05 bits per heavy atom. The molecular weight excluding hydrogens is 236 g/mol. The van der Waals surface area contributed by atoms with Gasteiger partial charge in [-0.3, -0.25) is 9.59 Å². The summed E-state index contributed by atoms with van der Waals surface area (Å²) in [7, 11) is 0. The normalized spacial score (nSPS) is 24.2. The van der Waals surface area contributed by atoms with Gasteiger partial charge in [0.05, 0.1) is 0 Å². The molecule has 1 aliphatic rings. The predicted molar refractivity (Wildman–Crippen MR) is 79.1 cm³/mol. The van der Waals surface area contributed by atoms with Crippen LogP contribution in [0.1, 0.15) is 79.1 Å². The Kier molecular flexibility index (Phi) is 5.96. The highest BCUT2D eigenvalue weighted by Crippen LogP contribution is 2.38. The molecule has 2 heteroatoms. The summed E-state index contributed by atoms with van der Waals surface area (Å²) in [5, 5.41) is 0. The molecule has 1 atom stereocenters. The number of allylic oxidation sites excluding steroid dienone is 2. The molecule has 0 amide bonds. The van der Waals surface area contributed by atoms with E-state index in [9.17, 15) is 9.59 Å². The van der Waals surface area contributed by atoms with Crippen LogP contribution >= 0.6 is 0 Å². The molecule has 0 saturated carbocycles. The lowest BCUT2D eigenvalue weighted by Gasteiger charge is -2.32. The Bertz CT molecular complexity index is 379. The zero-order valence-electron chi connectivity index (χ0n) is 13.0. The average Bonchev–Trinajstić information content (AvgIpc) is 2.39. The first kappa shape index (κ1) is 16.1. The molecule has 0 saturated heterocycles. The topological polar surface area (TPSA) is 34.1 Å². The third kappa shape index (κ3) is 3.77. The summed E-state index contributed by atoms with van der Waals surface area (Å²) in [4.78, 5) is 24.6. The molecule has 1 rings (SSSR count). The Morgan fingerprint density at radius 2 is 1.68 bits per heavy atom. The Labute approximate surface area is 117 Å². The first-order valence-electron chi connectivity index (χ1n) is 7.74. The van der Waals surface area contributed by atoms with Gasteiger partial charge in [-0.1, -0.05) is 46.5 Å². The van der Waals surface area contributed by atoms with Crippen LogP contribution in [0.4, 0.5) is 0 Å². The van der Waals surface area contributed by atoms with Gasteiger partial charge in [0.15, 0.2) is 11.6 Å². The van der Waals surface area contributed by atoms with Crippen molar-refractivity contribution in [1.82, 2.24) is 0 Å². The van der Waals surface area contributed by atoms with E-state index in [1.165, 1.54) is 19.3 Å². The molecule has 0 radical (unpaired) electrons. The number of ketones is 2. The number of carbonyl (C=O) groups is 2. The van der Waals surface area contributed by atoms with Gasteiger partial charge in [0.25, 0.3) is 0 Å². The van der Waals surface area contributed by atoms with Crippen molar-refractivity contribution in [3.05, 3.63) is 11.1 Å². The molecule has 19 heavy (non-hydrogen) atoms. The van der Waals surface area contributed by atoms with E-state index in [4.69, 9.17) is 0 Å². The van der Waals surface area contributed by atoms with E-state index < -0.39 is 5.41 Å². The van der Waals surface area contributed by atoms with E-state index in [1.54, 1.807) is 0 Å². The quantitative estimate of drug-likeness (QED) is 0.629. The number of carbonyl (C=O) groups excluding carboxylic acids is 2. The van der Waals surface area contributed by atoms with E-state index in [0.29, 0.717) is 6.42 Å². The van der Waals surface area contributed by atoms with E-state index in [-0.39, 0.29) is 11.6 Å². The second-order valence-electron chi connectivity index (χ2n) is 6.11. The molecule has 108 valence electrons. The van der Waals surface area contributed by atoms with Crippen LogP contribution in [0.15, 0.2) is 11.1 Å². The van der Waals surface area contributed by atoms with Crippen LogP contribution in [0, 0.1) is 5.41 Å². The lowest BCUT2D eigenvalue weighted by molar-refractivity contribution is -0.131. The predicted octanol–water partition coefficient (Wildman–Crippen LogP) is 4.62. The van der Waals surface area contributed by atoms with Gasteiger partial charge in [0, 0.05) is 17.4 Å². The maximum Gasteiger partial charge on any atom is 0.165 e. The van der Waals surface area contributed by atoms with E-state index >= 15 is 0 Å². The average molecular weight is 264 g/mol. The lowest BCUT2D eigenvalue weighted by Crippen LogP contribution is -2.36. The molecule has 0 aliphatic heterocycles. The molecule has 1 aliphatic carbocycles. The fourth-order valence-electron chi connectivity index (χ4n) is 2.86. The molecule has 1 unspecified atom stereocenters. The molecule has 0 spiro atoms. The van der Waals surface area contributed by atoms with Gasteiger partial charge in [0.1, 0.15) is 0 Å². The molecular formula is C17H28O2. The van der Waals surface area contributed by atoms with Gasteiger partial charge < -0.3 is 0 Å². The number of rotatable bonds is 7. The number of hydrogen-bond acceptors (Lipinski definition) is 2. The fraction of sp³-hybridized carbons (Fsp3) is 0.765. The Morgan fingerprint density at radius 3 is 2.26 bits per heavy atom. The first-order valence-corrected chi connectivity index (χ1v) is 7.74. The summed E-state index contributed by atoms with van der Waals surface area (Å²) in [6, 6.07) is 0. The SMILES string of the molecule is CCCCCCCC1=C(C)C(=O)C(C)(CC)CC1=O. The van der Waals surface area contributed by atoms with Crippen LogP contribution < -0.4 is 0 Å². The maximum absolute atomic E-state index is 12.4. The van der Waals surface area contributed by atoms with Crippen LogP contribution in [-0.2, 0) is 9.59 Å². The summed E-state index contributed by atoms with van der Waals surface area (Å²) in [5.74, 6) is 0.398. The number of unbranched alkanes of at least 4 members (excludes halogenated alkanes) is 4. The van der Waals surface area contributed by atoms with Gasteiger partial charge in [-0.25, -0.2) is 0 Å². The first-order chi connectivity index (χ1) is 8.96. The minimum Gasteiger partial charge on any atom is -0.295 e. The van der Waals surface area contributed by atoms with E-state index in [1.807, 2.05) is 20.8 Å². The highest BCUT2D eigenvalue weighted by Gasteiger charge is 2.40. The minimum atomic E-state index is -0.452. The van der Waals surface area contributed by atoms with Crippen LogP contribution in [0.25, 0.3) is 0 Å². The van der Waals surface area contributed by atoms with Crippen LogP contribution in [-0.4, -0.2) is 11.6 Å². The molecule has 0 bridgehead atoms. The third-order valence-electron chi connectivity index (χ3n) is 4.54. The van der Waals surface area contributed by atoms with E-state index in [0.717, 1.165) is 36.8 Å². The lowest BCUT2D eigenvalue weighted by atomic mass is 9.69. The maximum atomic E-state index is 12.4. The number of hydrogen-bond donors (Lipinski definition) is 0. The van der Waals surface area contributed by atoms with Gasteiger partial charge in [-0.15, -0.1) is 0 Å². The van der Waals surface area contributed by atoms with Crippen molar-refractivity contribution in [2.75, 3.05) is 0 Å². The Balaban J connectivity index is 2.67. The second-order valence-corrected chi connectivity index (χ2v) is 6.11. The van der Waals surface area contributed by atoms with Gasteiger partial charge in [0.2, 0.25) is 0 Å². The largest absolute Gasteiger partial charge is 0.295 e. The second kappa shape index (κ2) is 7.02. The molecule has 0 fully saturated rings. The summed E-state index contributed by atoms with van der Waals surface area (Å²) in [6.07, 6.45) is 7.87. The third-order valence-corrected chi connectivity index (χ3v) is 4.54. The van der Waals surface area contributed by atoms with Crippen molar-refractivity contribution in [1.29, 1.82) is 0 Å². The smallest absolute Gasteiger partial charge is 0.165 e. The Hall–Kier alpha value is -0.920. The van der Waals surface area contributed by atoms with E-state index in [2.05, 4.69) is 6.92 Å². The van der Waals surface area contributed by atoms with Crippen LogP contribution in [0.2, 0.25) is 0 Å². The van der Waals surface area contributed by atoms with Crippen molar-refractivity contribution in [2.24, 2.45) is 5.41 Å². The molecule has 0 aromatic heterocycles. The summed E-state index contributed by atoms with van der Waals surface area (Å²) < 4.78 is 0. The van der Waals surface area contributed by atoms with Gasteiger partial charge in [-0.05, 0) is 31.8 Å². The molecule has 0 heterocycles. The van der Waals surface area contributed by atoms with Crippen LogP contribution in [0.3, 0.4) is 0 Å². The zero-order valence-corrected chi connectivity index (χ0v) is 13.0. The monoisotopic (exact) mass is 264 g/mol. The van der Waals surface area contributed by atoms with Gasteiger partial charge in [-0.2, -0.15) is 0 Å². The summed E-state index contributed by atoms with van der Waals surface area (Å²) in [5.41, 5.74) is 1.09. The molecule has 0 aromatic rings. The van der Waals surface area contributed by atoms with Crippen molar-refractivity contribution in [3.63, 3.8) is 0 Å². The van der Waals surface area contributed by atoms with Crippen molar-refractivity contribution in [2.45, 2.75) is 79.1 Å². The fourth-order valence-corrected chi connectivity index (χ4v) is 2.86. The van der Waals surface area contributed by atoms with Crippen LogP contribution in [0.5, 0.6) is 0 Å². The molecule has 0 aromatic carbocycles. The van der Waals surface area contributed by atoms with Crippen molar-refractivity contribution < 1.29 is 9.59 Å². The molecule has 2 nitrogen and oxygen atoms in total. The highest BCUT2D eigenvalue weighted by atomic mass is 16.1. The number of Topliss-reactive ketones (excluding diaryl/α,β-unsaturated/α-hetero) is 2. The van der Waals surface area contributed by atoms with Crippen molar-refractivity contribution in [3.8, 4) is 0 Å².